The summed E-state index contributed by atoms with van der Waals surface area (Å²) < 4.78 is 58.3. The number of ether oxygens (including phenoxy) is 3. The average molecular weight is 585 g/mol. The van der Waals surface area contributed by atoms with Gasteiger partial charge in [-0.1, -0.05) is 38.7 Å². The van der Waals surface area contributed by atoms with E-state index in [2.05, 4.69) is 17.0 Å². The number of nitrogens with one attached hydrogen (secondary N) is 2. The van der Waals surface area contributed by atoms with Crippen LogP contribution in [0.1, 0.15) is 57.4 Å². The quantitative estimate of drug-likeness (QED) is 0.216. The number of hydrogen-bond donors (Lipinski definition) is 2. The molecule has 4 rings (SSSR count). The molecule has 3 aromatic carbocycles. The minimum absolute atomic E-state index is 0.00146. The molecule has 0 saturated heterocycles. The van der Waals surface area contributed by atoms with Crippen LogP contribution in [0.3, 0.4) is 0 Å². The number of benzene rings is 3. The first-order chi connectivity index (χ1) is 19.8. The van der Waals surface area contributed by atoms with Crippen LogP contribution < -0.4 is 24.2 Å². The summed E-state index contributed by atoms with van der Waals surface area (Å²) in [6.07, 6.45) is 7.22. The summed E-state index contributed by atoms with van der Waals surface area (Å²) >= 11 is 0. The molecule has 10 heteroatoms. The summed E-state index contributed by atoms with van der Waals surface area (Å²) in [5, 5.41) is 2.75. The third-order valence-electron chi connectivity index (χ3n) is 6.70. The smallest absolute Gasteiger partial charge is 0.328 e. The first kappa shape index (κ1) is 30.2. The van der Waals surface area contributed by atoms with Gasteiger partial charge in [-0.25, -0.2) is 22.3 Å². The lowest BCUT2D eigenvalue weighted by Gasteiger charge is -2.22. The highest BCUT2D eigenvalue weighted by molar-refractivity contribution is 7.90. The Bertz CT molecular complexity index is 1390. The second-order valence-corrected chi connectivity index (χ2v) is 11.7. The second-order valence-electron chi connectivity index (χ2n) is 10.0. The van der Waals surface area contributed by atoms with E-state index in [1.165, 1.54) is 24.3 Å². The molecule has 1 saturated carbocycles. The molecule has 0 radical (unpaired) electrons. The van der Waals surface area contributed by atoms with Crippen LogP contribution in [0.4, 0.5) is 9.18 Å². The number of rotatable bonds is 13. The maximum atomic E-state index is 13.2. The van der Waals surface area contributed by atoms with E-state index in [4.69, 9.17) is 14.2 Å². The number of carbonyl (C=O) groups excluding carboxylic acids is 1. The van der Waals surface area contributed by atoms with Crippen molar-refractivity contribution in [1.29, 1.82) is 0 Å². The van der Waals surface area contributed by atoms with Crippen LogP contribution in [-0.2, 0) is 16.4 Å². The molecular formula is C31H37FN2O6S. The lowest BCUT2D eigenvalue weighted by Crippen LogP contribution is -2.45. The van der Waals surface area contributed by atoms with Crippen LogP contribution in [0, 0.1) is 5.82 Å². The molecule has 0 unspecified atom stereocenters. The SMILES string of the molecule is CCCc1cc(Oc2ccc(F)cc2)ccc1OCCCOc1cccc(S(=O)(=O)NC(=O)NC2CCCCC2)c1. The standard InChI is InChI=1S/C31H37FN2O6S/c1-2-8-23-21-28(40-26-15-13-24(32)14-16-26)17-18-30(23)39-20-7-19-38-27-11-6-12-29(22-27)41(36,37)34-31(35)33-25-9-4-3-5-10-25/h6,11-18,21-22,25H,2-5,7-10,19-20H2,1H3,(H2,33,34,35). The summed E-state index contributed by atoms with van der Waals surface area (Å²) in [4.78, 5) is 12.2. The Hall–Kier alpha value is -3.79. The molecule has 0 aliphatic heterocycles. The highest BCUT2D eigenvalue weighted by atomic mass is 32.2. The van der Waals surface area contributed by atoms with E-state index in [1.54, 1.807) is 24.3 Å². The Balaban J connectivity index is 1.25. The van der Waals surface area contributed by atoms with Gasteiger partial charge < -0.3 is 19.5 Å². The predicted octanol–water partition coefficient (Wildman–Crippen LogP) is 6.74. The fourth-order valence-electron chi connectivity index (χ4n) is 4.67. The van der Waals surface area contributed by atoms with Crippen molar-refractivity contribution in [2.24, 2.45) is 0 Å². The molecule has 220 valence electrons. The zero-order valence-corrected chi connectivity index (χ0v) is 24.1. The molecule has 2 N–H and O–H groups in total. The lowest BCUT2D eigenvalue weighted by molar-refractivity contribution is 0.237. The van der Waals surface area contributed by atoms with Gasteiger partial charge in [0.15, 0.2) is 0 Å². The van der Waals surface area contributed by atoms with E-state index in [1.807, 2.05) is 18.2 Å². The summed E-state index contributed by atoms with van der Waals surface area (Å²) in [5.74, 6) is 2.01. The number of aryl methyl sites for hydroxylation is 1. The second kappa shape index (κ2) is 14.7. The van der Waals surface area contributed by atoms with Crippen molar-refractivity contribution in [3.8, 4) is 23.0 Å². The van der Waals surface area contributed by atoms with Gasteiger partial charge in [0.25, 0.3) is 10.0 Å². The maximum Gasteiger partial charge on any atom is 0.328 e. The summed E-state index contributed by atoms with van der Waals surface area (Å²) in [6, 6.07) is 16.8. The molecular weight excluding hydrogens is 547 g/mol. The van der Waals surface area contributed by atoms with E-state index in [-0.39, 0.29) is 16.8 Å². The monoisotopic (exact) mass is 584 g/mol. The predicted molar refractivity (Wildman–Crippen MR) is 155 cm³/mol. The topological polar surface area (TPSA) is 103 Å². The Labute approximate surface area is 241 Å². The van der Waals surface area contributed by atoms with Crippen molar-refractivity contribution in [3.63, 3.8) is 0 Å². The Kier molecular flexibility index (Phi) is 10.8. The minimum Gasteiger partial charge on any atom is -0.493 e. The molecule has 0 heterocycles. The van der Waals surface area contributed by atoms with Crippen molar-refractivity contribution < 1.29 is 31.8 Å². The first-order valence-corrected chi connectivity index (χ1v) is 15.6. The molecule has 0 spiro atoms. The van der Waals surface area contributed by atoms with Gasteiger partial charge in [-0.15, -0.1) is 0 Å². The number of urea groups is 1. The summed E-state index contributed by atoms with van der Waals surface area (Å²) in [6.45, 7) is 2.79. The Morgan fingerprint density at radius 1 is 0.902 bits per heavy atom. The van der Waals surface area contributed by atoms with Gasteiger partial charge in [0.1, 0.15) is 28.8 Å². The van der Waals surface area contributed by atoms with Crippen LogP contribution in [0.25, 0.3) is 0 Å². The van der Waals surface area contributed by atoms with Gasteiger partial charge >= 0.3 is 6.03 Å². The van der Waals surface area contributed by atoms with E-state index in [0.717, 1.165) is 56.3 Å². The molecule has 0 atom stereocenters. The summed E-state index contributed by atoms with van der Waals surface area (Å²) in [5.41, 5.74) is 1.01. The van der Waals surface area contributed by atoms with E-state index in [9.17, 15) is 17.6 Å². The molecule has 1 aliphatic carbocycles. The van der Waals surface area contributed by atoms with E-state index in [0.29, 0.717) is 36.9 Å². The van der Waals surface area contributed by atoms with Crippen molar-refractivity contribution in [1.82, 2.24) is 10.0 Å². The molecule has 1 aliphatic rings. The molecule has 41 heavy (non-hydrogen) atoms. The first-order valence-electron chi connectivity index (χ1n) is 14.1. The molecule has 0 aromatic heterocycles. The number of sulfonamides is 1. The molecule has 0 bridgehead atoms. The number of amides is 2. The number of hydrogen-bond acceptors (Lipinski definition) is 6. The molecule has 1 fully saturated rings. The van der Waals surface area contributed by atoms with Crippen LogP contribution in [0.5, 0.6) is 23.0 Å². The molecule has 2 amide bonds. The van der Waals surface area contributed by atoms with Crippen molar-refractivity contribution in [2.45, 2.75) is 69.2 Å². The van der Waals surface area contributed by atoms with Gasteiger partial charge in [-0.2, -0.15) is 0 Å². The third-order valence-corrected chi connectivity index (χ3v) is 8.03. The van der Waals surface area contributed by atoms with Crippen LogP contribution in [-0.4, -0.2) is 33.7 Å². The highest BCUT2D eigenvalue weighted by Gasteiger charge is 2.21. The summed E-state index contributed by atoms with van der Waals surface area (Å²) in [7, 11) is -4.03. The minimum atomic E-state index is -4.03. The maximum absolute atomic E-state index is 13.2. The average Bonchev–Trinajstić information content (AvgIpc) is 2.95. The van der Waals surface area contributed by atoms with Crippen LogP contribution in [0.15, 0.2) is 71.6 Å². The third kappa shape index (κ3) is 9.38. The van der Waals surface area contributed by atoms with Crippen LogP contribution >= 0.6 is 0 Å². The van der Waals surface area contributed by atoms with Gasteiger partial charge in [0.05, 0.1) is 18.1 Å². The van der Waals surface area contributed by atoms with Crippen molar-refractivity contribution >= 4 is 16.1 Å². The Morgan fingerprint density at radius 3 is 2.39 bits per heavy atom. The number of halogens is 1. The molecule has 8 nitrogen and oxygen atoms in total. The zero-order valence-electron chi connectivity index (χ0n) is 23.2. The number of carbonyl (C=O) groups is 1. The normalized spacial score (nSPS) is 13.8. The van der Waals surface area contributed by atoms with Gasteiger partial charge in [0, 0.05) is 18.5 Å². The van der Waals surface area contributed by atoms with Gasteiger partial charge in [0.2, 0.25) is 0 Å². The molecule has 3 aromatic rings. The zero-order chi connectivity index (χ0) is 29.1. The van der Waals surface area contributed by atoms with Crippen molar-refractivity contribution in [2.75, 3.05) is 13.2 Å². The fourth-order valence-corrected chi connectivity index (χ4v) is 5.62. The van der Waals surface area contributed by atoms with Crippen molar-refractivity contribution in [3.05, 3.63) is 78.1 Å². The van der Waals surface area contributed by atoms with Gasteiger partial charge in [-0.3, -0.25) is 0 Å². The lowest BCUT2D eigenvalue weighted by atomic mass is 9.96. The fraction of sp³-hybridized carbons (Fsp3) is 0.387. The van der Waals surface area contributed by atoms with E-state index < -0.39 is 16.1 Å². The van der Waals surface area contributed by atoms with E-state index >= 15 is 0 Å². The Morgan fingerprint density at radius 2 is 1.63 bits per heavy atom. The highest BCUT2D eigenvalue weighted by Crippen LogP contribution is 2.29. The van der Waals surface area contributed by atoms with Crippen LogP contribution in [0.2, 0.25) is 0 Å². The van der Waals surface area contributed by atoms with Gasteiger partial charge in [-0.05, 0) is 79.4 Å². The largest absolute Gasteiger partial charge is 0.493 e.